The molecule has 0 unspecified atom stereocenters. The number of nitrogens with zero attached hydrogens (tertiary/aromatic N) is 3. The van der Waals surface area contributed by atoms with Crippen molar-refractivity contribution in [1.29, 1.82) is 0 Å². The Kier molecular flexibility index (Phi) is 7.08. The molecule has 3 aromatic rings. The first-order chi connectivity index (χ1) is 14.5. The van der Waals surface area contributed by atoms with Crippen molar-refractivity contribution in [2.45, 2.75) is 25.5 Å². The van der Waals surface area contributed by atoms with Crippen LogP contribution in [0.3, 0.4) is 0 Å². The third-order valence-electron chi connectivity index (χ3n) is 4.11. The van der Waals surface area contributed by atoms with Gasteiger partial charge in [-0.3, -0.25) is 9.59 Å². The van der Waals surface area contributed by atoms with Crippen LogP contribution in [0, 0.1) is 0 Å². The van der Waals surface area contributed by atoms with Crippen LogP contribution in [0.25, 0.3) is 11.0 Å². The van der Waals surface area contributed by atoms with Crippen molar-refractivity contribution in [3.63, 3.8) is 0 Å². The minimum Gasteiger partial charge on any atom is -0.493 e. The van der Waals surface area contributed by atoms with Crippen LogP contribution in [0.2, 0.25) is 0 Å². The van der Waals surface area contributed by atoms with Crippen LogP contribution in [0.4, 0.5) is 0 Å². The highest BCUT2D eigenvalue weighted by molar-refractivity contribution is 7.99. The second kappa shape index (κ2) is 9.93. The number of aryl methyl sites for hydroxylation is 1. The lowest BCUT2D eigenvalue weighted by molar-refractivity contribution is -0.132. The molecule has 0 atom stereocenters. The summed E-state index contributed by atoms with van der Waals surface area (Å²) in [5.74, 6) is 0.233. The van der Waals surface area contributed by atoms with Gasteiger partial charge in [-0.25, -0.2) is 10.4 Å². The molecule has 0 bridgehead atoms. The fourth-order valence-corrected chi connectivity index (χ4v) is 3.68. The Bertz CT molecular complexity index is 1090. The van der Waals surface area contributed by atoms with E-state index in [2.05, 4.69) is 20.1 Å². The minimum atomic E-state index is -0.434. The molecule has 1 amide bonds. The normalized spacial score (nSPS) is 11.0. The number of carbonyl (C=O) groups excluding carboxylic acids is 2. The fourth-order valence-electron chi connectivity index (χ4n) is 2.81. The third kappa shape index (κ3) is 5.18. The molecule has 1 heterocycles. The van der Waals surface area contributed by atoms with Crippen molar-refractivity contribution >= 4 is 40.9 Å². The maximum Gasteiger partial charge on any atom is 0.308 e. The van der Waals surface area contributed by atoms with Gasteiger partial charge in [0, 0.05) is 13.5 Å². The summed E-state index contributed by atoms with van der Waals surface area (Å²) in [6, 6.07) is 12.9. The standard InChI is InChI=1S/C21H22N4O4S/c1-4-25-17-8-6-5-7-16(17)23-21(25)30-13-20(27)24-22-12-15-9-10-18(29-14(2)26)19(11-15)28-3/h5-12H,4,13H2,1-3H3,(H,24,27)/b22-12-. The summed E-state index contributed by atoms with van der Waals surface area (Å²) in [6.45, 7) is 4.13. The molecule has 9 heteroatoms. The average molecular weight is 426 g/mol. The number of aromatic nitrogens is 2. The molecule has 1 aromatic heterocycles. The topological polar surface area (TPSA) is 94.8 Å². The van der Waals surface area contributed by atoms with Crippen molar-refractivity contribution in [3.05, 3.63) is 48.0 Å². The van der Waals surface area contributed by atoms with E-state index in [1.807, 2.05) is 31.2 Å². The molecule has 8 nitrogen and oxygen atoms in total. The molecule has 0 spiro atoms. The van der Waals surface area contributed by atoms with Crippen molar-refractivity contribution in [1.82, 2.24) is 15.0 Å². The van der Waals surface area contributed by atoms with Crippen molar-refractivity contribution < 1.29 is 19.1 Å². The van der Waals surface area contributed by atoms with Gasteiger partial charge in [0.2, 0.25) is 0 Å². The predicted octanol–water partition coefficient (Wildman–Crippen LogP) is 3.23. The van der Waals surface area contributed by atoms with Gasteiger partial charge in [-0.1, -0.05) is 23.9 Å². The first-order valence-electron chi connectivity index (χ1n) is 9.28. The molecule has 0 saturated carbocycles. The molecule has 0 aliphatic carbocycles. The number of ether oxygens (including phenoxy) is 2. The van der Waals surface area contributed by atoms with Gasteiger partial charge in [-0.05, 0) is 42.8 Å². The Labute approximate surface area is 178 Å². The number of hydrogen-bond acceptors (Lipinski definition) is 7. The highest BCUT2D eigenvalue weighted by Crippen LogP contribution is 2.27. The summed E-state index contributed by atoms with van der Waals surface area (Å²) in [4.78, 5) is 27.9. The second-order valence-corrected chi connectivity index (χ2v) is 7.16. The van der Waals surface area contributed by atoms with Gasteiger partial charge in [0.15, 0.2) is 16.7 Å². The van der Waals surface area contributed by atoms with Gasteiger partial charge in [0.05, 0.1) is 30.1 Å². The maximum atomic E-state index is 12.2. The van der Waals surface area contributed by atoms with Gasteiger partial charge in [-0.2, -0.15) is 5.10 Å². The zero-order valence-electron chi connectivity index (χ0n) is 16.9. The molecule has 2 aromatic carbocycles. The van der Waals surface area contributed by atoms with Gasteiger partial charge in [0.25, 0.3) is 5.91 Å². The van der Waals surface area contributed by atoms with Gasteiger partial charge in [0.1, 0.15) is 0 Å². The lowest BCUT2D eigenvalue weighted by Crippen LogP contribution is -2.20. The van der Waals surface area contributed by atoms with E-state index in [0.29, 0.717) is 17.1 Å². The third-order valence-corrected chi connectivity index (χ3v) is 5.09. The molecule has 0 aliphatic rings. The quantitative estimate of drug-likeness (QED) is 0.195. The van der Waals surface area contributed by atoms with Gasteiger partial charge in [-0.15, -0.1) is 0 Å². The first kappa shape index (κ1) is 21.4. The number of carbonyl (C=O) groups is 2. The number of methoxy groups -OCH3 is 1. The smallest absolute Gasteiger partial charge is 0.308 e. The lowest BCUT2D eigenvalue weighted by atomic mass is 10.2. The number of hydrogen-bond donors (Lipinski definition) is 1. The minimum absolute atomic E-state index is 0.190. The number of thioether (sulfide) groups is 1. The summed E-state index contributed by atoms with van der Waals surface area (Å²) >= 11 is 1.36. The van der Waals surface area contributed by atoms with Crippen LogP contribution in [-0.4, -0.2) is 40.5 Å². The molecule has 0 radical (unpaired) electrons. The molecule has 3 rings (SSSR count). The molecule has 0 aliphatic heterocycles. The molecule has 0 fully saturated rings. The maximum absolute atomic E-state index is 12.2. The van der Waals surface area contributed by atoms with Crippen LogP contribution in [-0.2, 0) is 16.1 Å². The highest BCUT2D eigenvalue weighted by Gasteiger charge is 2.11. The van der Waals surface area contributed by atoms with Crippen LogP contribution in [0.5, 0.6) is 11.5 Å². The highest BCUT2D eigenvalue weighted by atomic mass is 32.2. The van der Waals surface area contributed by atoms with Crippen molar-refractivity contribution in [2.75, 3.05) is 12.9 Å². The average Bonchev–Trinajstić information content (AvgIpc) is 3.10. The number of amides is 1. The molecule has 0 saturated heterocycles. The van der Waals surface area contributed by atoms with E-state index in [1.165, 1.54) is 32.0 Å². The largest absolute Gasteiger partial charge is 0.493 e. The number of para-hydroxylation sites is 2. The summed E-state index contributed by atoms with van der Waals surface area (Å²) in [5.41, 5.74) is 5.14. The van der Waals surface area contributed by atoms with Crippen LogP contribution in [0.1, 0.15) is 19.4 Å². The lowest BCUT2D eigenvalue weighted by Gasteiger charge is -2.08. The van der Waals surface area contributed by atoms with Gasteiger partial charge >= 0.3 is 5.97 Å². The monoisotopic (exact) mass is 426 g/mol. The molecule has 156 valence electrons. The van der Waals surface area contributed by atoms with E-state index in [-0.39, 0.29) is 11.7 Å². The zero-order valence-corrected chi connectivity index (χ0v) is 17.7. The van der Waals surface area contributed by atoms with E-state index in [0.717, 1.165) is 22.7 Å². The van der Waals surface area contributed by atoms with Crippen molar-refractivity contribution in [2.24, 2.45) is 5.10 Å². The Morgan fingerprint density at radius 3 is 2.77 bits per heavy atom. The molecular weight excluding hydrogens is 404 g/mol. The fraction of sp³-hybridized carbons (Fsp3) is 0.238. The molecular formula is C21H22N4O4S. The van der Waals surface area contributed by atoms with E-state index in [9.17, 15) is 9.59 Å². The van der Waals surface area contributed by atoms with Crippen LogP contribution < -0.4 is 14.9 Å². The first-order valence-corrected chi connectivity index (χ1v) is 10.3. The van der Waals surface area contributed by atoms with E-state index in [1.54, 1.807) is 18.2 Å². The van der Waals surface area contributed by atoms with Crippen LogP contribution >= 0.6 is 11.8 Å². The Morgan fingerprint density at radius 1 is 1.23 bits per heavy atom. The number of rotatable bonds is 8. The summed E-state index contributed by atoms with van der Waals surface area (Å²) in [7, 11) is 1.48. The van der Waals surface area contributed by atoms with Crippen LogP contribution in [0.15, 0.2) is 52.7 Å². The summed E-state index contributed by atoms with van der Waals surface area (Å²) in [5, 5.41) is 4.77. The second-order valence-electron chi connectivity index (χ2n) is 6.21. The summed E-state index contributed by atoms with van der Waals surface area (Å²) in [6.07, 6.45) is 1.49. The summed E-state index contributed by atoms with van der Waals surface area (Å²) < 4.78 is 12.3. The Balaban J connectivity index is 1.58. The molecule has 1 N–H and O–H groups in total. The van der Waals surface area contributed by atoms with E-state index < -0.39 is 5.97 Å². The van der Waals surface area contributed by atoms with E-state index in [4.69, 9.17) is 9.47 Å². The molecule has 30 heavy (non-hydrogen) atoms. The van der Waals surface area contributed by atoms with Crippen molar-refractivity contribution in [3.8, 4) is 11.5 Å². The zero-order chi connectivity index (χ0) is 21.5. The number of hydrazone groups is 1. The van der Waals surface area contributed by atoms with E-state index >= 15 is 0 Å². The SMILES string of the molecule is CCn1c(SCC(=O)N/N=C\c2ccc(OC(C)=O)c(OC)c2)nc2ccccc21. The predicted molar refractivity (Wildman–Crippen MR) is 116 cm³/mol. The van der Waals surface area contributed by atoms with Gasteiger partial charge < -0.3 is 14.0 Å². The Hall–Kier alpha value is -3.33. The number of esters is 1. The number of fused-ring (bicyclic) bond motifs is 1. The number of imidazole rings is 1. The number of nitrogens with one attached hydrogen (secondary N) is 1. The number of benzene rings is 2. The Morgan fingerprint density at radius 2 is 2.03 bits per heavy atom.